The van der Waals surface area contributed by atoms with Gasteiger partial charge in [-0.15, -0.1) is 0 Å². The Bertz CT molecular complexity index is 844. The molecular weight excluding hydrogens is 348 g/mol. The smallest absolute Gasteiger partial charge is 0.337 e. The fourth-order valence-corrected chi connectivity index (χ4v) is 3.60. The van der Waals surface area contributed by atoms with Gasteiger partial charge in [0, 0.05) is 5.56 Å². The minimum absolute atomic E-state index is 0.559. The zero-order valence-electron chi connectivity index (χ0n) is 18.3. The molecule has 3 heteroatoms. The number of ether oxygens (including phenoxy) is 1. The van der Waals surface area contributed by atoms with Gasteiger partial charge in [0.2, 0.25) is 0 Å². The van der Waals surface area contributed by atoms with Crippen LogP contribution in [0.2, 0.25) is 0 Å². The first-order valence-corrected chi connectivity index (χ1v) is 10.2. The minimum atomic E-state index is -1.00. The third kappa shape index (κ3) is 5.23. The van der Waals surface area contributed by atoms with Crippen molar-refractivity contribution in [3.8, 4) is 11.1 Å². The molecule has 0 bridgehead atoms. The zero-order chi connectivity index (χ0) is 21.1. The summed E-state index contributed by atoms with van der Waals surface area (Å²) in [6, 6.07) is 10.5. The number of hydrogen-bond donors (Lipinski definition) is 1. The number of carboxylic acids is 1. The molecule has 2 aromatic carbocycles. The highest BCUT2D eigenvalue weighted by molar-refractivity contribution is 5.82. The monoisotopic (exact) mass is 382 g/mol. The van der Waals surface area contributed by atoms with Crippen LogP contribution in [0.4, 0.5) is 0 Å². The third-order valence-corrected chi connectivity index (χ3v) is 5.07. The number of unbranched alkanes of at least 4 members (excludes halogenated alkanes) is 1. The zero-order valence-corrected chi connectivity index (χ0v) is 18.3. The first-order valence-electron chi connectivity index (χ1n) is 10.2. The van der Waals surface area contributed by atoms with Crippen molar-refractivity contribution in [2.24, 2.45) is 0 Å². The van der Waals surface area contributed by atoms with E-state index in [-0.39, 0.29) is 0 Å². The van der Waals surface area contributed by atoms with E-state index in [1.807, 2.05) is 40.7 Å². The van der Waals surface area contributed by atoms with E-state index < -0.39 is 17.7 Å². The maximum Gasteiger partial charge on any atom is 0.337 e. The van der Waals surface area contributed by atoms with Gasteiger partial charge in [-0.3, -0.25) is 0 Å². The molecule has 1 unspecified atom stereocenters. The Morgan fingerprint density at radius 1 is 1.04 bits per heavy atom. The van der Waals surface area contributed by atoms with E-state index >= 15 is 0 Å². The van der Waals surface area contributed by atoms with Crippen molar-refractivity contribution >= 4 is 5.97 Å². The van der Waals surface area contributed by atoms with Gasteiger partial charge in [-0.05, 0) is 87.8 Å². The summed E-state index contributed by atoms with van der Waals surface area (Å²) < 4.78 is 6.00. The van der Waals surface area contributed by atoms with Crippen LogP contribution in [0.25, 0.3) is 11.1 Å². The highest BCUT2D eigenvalue weighted by Crippen LogP contribution is 2.38. The van der Waals surface area contributed by atoms with Gasteiger partial charge in [-0.25, -0.2) is 4.79 Å². The van der Waals surface area contributed by atoms with Crippen LogP contribution >= 0.6 is 0 Å². The highest BCUT2D eigenvalue weighted by atomic mass is 16.5. The molecule has 2 rings (SSSR count). The average Bonchev–Trinajstić information content (AvgIpc) is 2.60. The summed E-state index contributed by atoms with van der Waals surface area (Å²) >= 11 is 0. The molecule has 0 aliphatic rings. The number of aliphatic carboxylic acids is 1. The standard InChI is InChI=1S/C25H34O3/c1-8-9-10-19-15-20(14-13-16(19)2)21-17(3)11-12-18(4)22(21)23(24(26)27)28-25(5,6)7/h11-15,23H,8-10H2,1-7H3,(H,26,27). The second kappa shape index (κ2) is 8.91. The first-order chi connectivity index (χ1) is 13.0. The number of benzene rings is 2. The number of hydrogen-bond acceptors (Lipinski definition) is 2. The molecule has 0 aromatic heterocycles. The van der Waals surface area contributed by atoms with Crippen molar-refractivity contribution in [3.05, 3.63) is 58.1 Å². The molecule has 0 fully saturated rings. The Hall–Kier alpha value is -2.13. The Labute approximate surface area is 169 Å². The maximum absolute atomic E-state index is 12.2. The van der Waals surface area contributed by atoms with Gasteiger partial charge in [0.25, 0.3) is 0 Å². The second-order valence-electron chi connectivity index (χ2n) is 8.68. The van der Waals surface area contributed by atoms with E-state index in [9.17, 15) is 9.90 Å². The van der Waals surface area contributed by atoms with Gasteiger partial charge in [0.1, 0.15) is 0 Å². The van der Waals surface area contributed by atoms with E-state index in [1.54, 1.807) is 0 Å². The molecule has 0 saturated carbocycles. The SMILES string of the molecule is CCCCc1cc(-c2c(C)ccc(C)c2C(OC(C)(C)C)C(=O)O)ccc1C. The van der Waals surface area contributed by atoms with Gasteiger partial charge in [0.15, 0.2) is 6.10 Å². The van der Waals surface area contributed by atoms with E-state index in [1.165, 1.54) is 11.1 Å². The summed E-state index contributed by atoms with van der Waals surface area (Å²) in [6.45, 7) is 14.0. The number of carbonyl (C=O) groups is 1. The summed E-state index contributed by atoms with van der Waals surface area (Å²) in [4.78, 5) is 12.2. The van der Waals surface area contributed by atoms with Crippen molar-refractivity contribution in [2.75, 3.05) is 0 Å². The molecule has 0 amide bonds. The fraction of sp³-hybridized carbons (Fsp3) is 0.480. The summed E-state index contributed by atoms with van der Waals surface area (Å²) in [5.74, 6) is -0.955. The Morgan fingerprint density at radius 3 is 2.21 bits per heavy atom. The molecule has 1 N–H and O–H groups in total. The lowest BCUT2D eigenvalue weighted by Crippen LogP contribution is -2.28. The summed E-state index contributed by atoms with van der Waals surface area (Å²) in [6.07, 6.45) is 2.33. The summed E-state index contributed by atoms with van der Waals surface area (Å²) in [5, 5.41) is 9.97. The lowest BCUT2D eigenvalue weighted by Gasteiger charge is -2.28. The number of aryl methyl sites for hydroxylation is 4. The number of carboxylic acid groups (broad SMARTS) is 1. The quantitative estimate of drug-likeness (QED) is 0.589. The minimum Gasteiger partial charge on any atom is -0.479 e. The maximum atomic E-state index is 12.2. The largest absolute Gasteiger partial charge is 0.479 e. The van der Waals surface area contributed by atoms with Gasteiger partial charge in [0.05, 0.1) is 5.60 Å². The Morgan fingerprint density at radius 2 is 1.64 bits per heavy atom. The van der Waals surface area contributed by atoms with E-state index in [0.29, 0.717) is 0 Å². The van der Waals surface area contributed by atoms with E-state index in [2.05, 4.69) is 38.1 Å². The topological polar surface area (TPSA) is 46.5 Å². The van der Waals surface area contributed by atoms with Crippen LogP contribution in [0.1, 0.15) is 74.5 Å². The normalized spacial score (nSPS) is 12.8. The van der Waals surface area contributed by atoms with Crippen molar-refractivity contribution < 1.29 is 14.6 Å². The third-order valence-electron chi connectivity index (χ3n) is 5.07. The molecule has 0 spiro atoms. The molecule has 0 aliphatic carbocycles. The second-order valence-corrected chi connectivity index (χ2v) is 8.68. The van der Waals surface area contributed by atoms with Crippen LogP contribution in [0, 0.1) is 20.8 Å². The summed E-state index contributed by atoms with van der Waals surface area (Å²) in [5.41, 5.74) is 6.86. The molecule has 0 saturated heterocycles. The van der Waals surface area contributed by atoms with Gasteiger partial charge in [-0.2, -0.15) is 0 Å². The molecule has 0 heterocycles. The molecule has 0 radical (unpaired) electrons. The molecule has 2 aromatic rings. The van der Waals surface area contributed by atoms with Crippen LogP contribution in [0.15, 0.2) is 30.3 Å². The van der Waals surface area contributed by atoms with E-state index in [0.717, 1.165) is 47.1 Å². The molecule has 152 valence electrons. The van der Waals surface area contributed by atoms with Gasteiger partial charge in [-0.1, -0.05) is 43.7 Å². The fourth-order valence-electron chi connectivity index (χ4n) is 3.60. The van der Waals surface area contributed by atoms with Crippen LogP contribution in [-0.4, -0.2) is 16.7 Å². The first kappa shape index (κ1) is 22.2. The highest BCUT2D eigenvalue weighted by Gasteiger charge is 2.31. The summed E-state index contributed by atoms with van der Waals surface area (Å²) in [7, 11) is 0. The van der Waals surface area contributed by atoms with Gasteiger partial charge < -0.3 is 9.84 Å². The van der Waals surface area contributed by atoms with Crippen LogP contribution in [-0.2, 0) is 16.0 Å². The Balaban J connectivity index is 2.68. The van der Waals surface area contributed by atoms with Crippen molar-refractivity contribution in [1.29, 1.82) is 0 Å². The predicted octanol–water partition coefficient (Wildman–Crippen LogP) is 6.56. The number of rotatable bonds is 7. The molecule has 28 heavy (non-hydrogen) atoms. The van der Waals surface area contributed by atoms with Crippen molar-refractivity contribution in [3.63, 3.8) is 0 Å². The lowest BCUT2D eigenvalue weighted by molar-refractivity contribution is -0.160. The molecule has 0 aliphatic heterocycles. The molecular formula is C25H34O3. The van der Waals surface area contributed by atoms with Crippen LogP contribution in [0.5, 0.6) is 0 Å². The van der Waals surface area contributed by atoms with Crippen molar-refractivity contribution in [2.45, 2.75) is 79.4 Å². The van der Waals surface area contributed by atoms with Crippen LogP contribution < -0.4 is 0 Å². The van der Waals surface area contributed by atoms with E-state index in [4.69, 9.17) is 4.74 Å². The van der Waals surface area contributed by atoms with Gasteiger partial charge >= 0.3 is 5.97 Å². The lowest BCUT2D eigenvalue weighted by atomic mass is 9.87. The van der Waals surface area contributed by atoms with Crippen molar-refractivity contribution in [1.82, 2.24) is 0 Å². The predicted molar refractivity (Wildman–Crippen MR) is 116 cm³/mol. The average molecular weight is 383 g/mol. The molecule has 3 nitrogen and oxygen atoms in total. The van der Waals surface area contributed by atoms with Crippen LogP contribution in [0.3, 0.4) is 0 Å². The Kier molecular flexibility index (Phi) is 7.06. The molecule has 1 atom stereocenters.